The van der Waals surface area contributed by atoms with E-state index in [1.54, 1.807) is 31.2 Å². The Hall–Kier alpha value is -1.35. The predicted molar refractivity (Wildman–Crippen MR) is 70.7 cm³/mol. The van der Waals surface area contributed by atoms with E-state index in [-0.39, 0.29) is 17.9 Å². The van der Waals surface area contributed by atoms with Crippen LogP contribution in [-0.4, -0.2) is 17.9 Å². The molecule has 0 saturated carbocycles. The Morgan fingerprint density at radius 1 is 1.22 bits per heavy atom. The molecule has 0 aliphatic carbocycles. The van der Waals surface area contributed by atoms with Crippen LogP contribution in [0.1, 0.15) is 36.7 Å². The van der Waals surface area contributed by atoms with Gasteiger partial charge in [0.05, 0.1) is 0 Å². The summed E-state index contributed by atoms with van der Waals surface area (Å²) in [6.45, 7) is 5.62. The maximum Gasteiger partial charge on any atom is 0.379 e. The number of hydrogen-bond donors (Lipinski definition) is 0. The van der Waals surface area contributed by atoms with Crippen LogP contribution in [-0.2, 0) is 15.4 Å². The van der Waals surface area contributed by atoms with Crippen molar-refractivity contribution in [3.8, 4) is 0 Å². The van der Waals surface area contributed by atoms with Crippen molar-refractivity contribution in [2.24, 2.45) is 5.92 Å². The van der Waals surface area contributed by atoms with Gasteiger partial charge in [-0.15, -0.1) is 11.6 Å². The lowest BCUT2D eigenvalue weighted by Crippen LogP contribution is -2.26. The van der Waals surface area contributed by atoms with Gasteiger partial charge in [0.25, 0.3) is 5.78 Å². The van der Waals surface area contributed by atoms with Crippen LogP contribution < -0.4 is 0 Å². The molecule has 0 radical (unpaired) electrons. The van der Waals surface area contributed by atoms with Gasteiger partial charge in [0.2, 0.25) is 0 Å². The molecule has 1 unspecified atom stereocenters. The SMILES string of the molecule is CC(C)C(C)OC(=O)C(=O)c1ccccc1CCl. The highest BCUT2D eigenvalue weighted by Crippen LogP contribution is 2.14. The van der Waals surface area contributed by atoms with E-state index in [2.05, 4.69) is 0 Å². The molecule has 0 fully saturated rings. The van der Waals surface area contributed by atoms with Crippen molar-refractivity contribution in [3.63, 3.8) is 0 Å². The van der Waals surface area contributed by atoms with Crippen molar-refractivity contribution in [1.82, 2.24) is 0 Å². The molecule has 0 aliphatic heterocycles. The summed E-state index contributed by atoms with van der Waals surface area (Å²) >= 11 is 5.73. The first-order valence-corrected chi connectivity index (χ1v) is 6.40. The number of carbonyl (C=O) groups excluding carboxylic acids is 2. The highest BCUT2D eigenvalue weighted by Gasteiger charge is 2.23. The average molecular weight is 269 g/mol. The van der Waals surface area contributed by atoms with Crippen LogP contribution in [0.2, 0.25) is 0 Å². The fraction of sp³-hybridized carbons (Fsp3) is 0.429. The second-order valence-corrected chi connectivity index (χ2v) is 4.74. The van der Waals surface area contributed by atoms with E-state index in [4.69, 9.17) is 16.3 Å². The molecule has 1 atom stereocenters. The number of benzene rings is 1. The summed E-state index contributed by atoms with van der Waals surface area (Å²) in [4.78, 5) is 23.7. The lowest BCUT2D eigenvalue weighted by atomic mass is 10.0. The Kier molecular flexibility index (Phi) is 5.35. The van der Waals surface area contributed by atoms with Gasteiger partial charge in [-0.1, -0.05) is 38.1 Å². The van der Waals surface area contributed by atoms with Crippen molar-refractivity contribution in [2.45, 2.75) is 32.8 Å². The van der Waals surface area contributed by atoms with E-state index < -0.39 is 11.8 Å². The van der Waals surface area contributed by atoms with E-state index in [1.807, 2.05) is 13.8 Å². The molecule has 0 spiro atoms. The van der Waals surface area contributed by atoms with E-state index in [0.29, 0.717) is 11.1 Å². The van der Waals surface area contributed by atoms with Gasteiger partial charge in [0, 0.05) is 11.4 Å². The molecule has 3 nitrogen and oxygen atoms in total. The van der Waals surface area contributed by atoms with Crippen molar-refractivity contribution in [2.75, 3.05) is 0 Å². The fourth-order valence-electron chi connectivity index (χ4n) is 1.33. The smallest absolute Gasteiger partial charge is 0.379 e. The van der Waals surface area contributed by atoms with Crippen LogP contribution in [0, 0.1) is 5.92 Å². The number of alkyl halides is 1. The second-order valence-electron chi connectivity index (χ2n) is 4.47. The highest BCUT2D eigenvalue weighted by molar-refractivity contribution is 6.41. The minimum atomic E-state index is -0.825. The maximum absolute atomic E-state index is 11.9. The number of Topliss-reactive ketones (excluding diaryl/α,β-unsaturated/α-hetero) is 1. The normalized spacial score (nSPS) is 12.3. The molecule has 0 bridgehead atoms. The Morgan fingerprint density at radius 3 is 2.39 bits per heavy atom. The molecule has 0 aromatic heterocycles. The quantitative estimate of drug-likeness (QED) is 0.356. The lowest BCUT2D eigenvalue weighted by Gasteiger charge is -2.16. The number of carbonyl (C=O) groups is 2. The van der Waals surface area contributed by atoms with E-state index in [0.717, 1.165) is 0 Å². The van der Waals surface area contributed by atoms with E-state index in [9.17, 15) is 9.59 Å². The first-order valence-electron chi connectivity index (χ1n) is 5.86. The molecular weight excluding hydrogens is 252 g/mol. The largest absolute Gasteiger partial charge is 0.456 e. The molecule has 4 heteroatoms. The molecule has 1 rings (SSSR count). The van der Waals surface area contributed by atoms with Gasteiger partial charge < -0.3 is 4.74 Å². The summed E-state index contributed by atoms with van der Waals surface area (Å²) in [7, 11) is 0. The van der Waals surface area contributed by atoms with Crippen LogP contribution in [0.25, 0.3) is 0 Å². The molecule has 0 heterocycles. The van der Waals surface area contributed by atoms with Gasteiger partial charge in [-0.25, -0.2) is 4.79 Å². The molecular formula is C14H17ClO3. The van der Waals surface area contributed by atoms with Gasteiger partial charge in [-0.3, -0.25) is 4.79 Å². The van der Waals surface area contributed by atoms with Crippen LogP contribution >= 0.6 is 11.6 Å². The molecule has 0 saturated heterocycles. The van der Waals surface area contributed by atoms with Crippen molar-refractivity contribution in [3.05, 3.63) is 35.4 Å². The number of rotatable bonds is 5. The van der Waals surface area contributed by atoms with E-state index >= 15 is 0 Å². The summed E-state index contributed by atoms with van der Waals surface area (Å²) in [6, 6.07) is 6.78. The predicted octanol–water partition coefficient (Wildman–Crippen LogP) is 3.20. The Morgan fingerprint density at radius 2 is 1.83 bits per heavy atom. The molecule has 0 amide bonds. The van der Waals surface area contributed by atoms with Crippen LogP contribution in [0.3, 0.4) is 0 Å². The Bertz CT molecular complexity index is 440. The number of ether oxygens (including phenoxy) is 1. The van der Waals surface area contributed by atoms with Gasteiger partial charge >= 0.3 is 5.97 Å². The molecule has 1 aromatic carbocycles. The molecule has 98 valence electrons. The van der Waals surface area contributed by atoms with E-state index in [1.165, 1.54) is 0 Å². The minimum absolute atomic E-state index is 0.171. The van der Waals surface area contributed by atoms with Crippen molar-refractivity contribution >= 4 is 23.4 Å². The van der Waals surface area contributed by atoms with Crippen molar-refractivity contribution < 1.29 is 14.3 Å². The third kappa shape index (κ3) is 3.57. The first-order chi connectivity index (χ1) is 8.47. The average Bonchev–Trinajstić information content (AvgIpc) is 2.37. The number of halogens is 1. The monoisotopic (exact) mass is 268 g/mol. The van der Waals surface area contributed by atoms with Crippen molar-refractivity contribution in [1.29, 1.82) is 0 Å². The molecule has 0 aliphatic rings. The molecule has 0 N–H and O–H groups in total. The molecule has 18 heavy (non-hydrogen) atoms. The number of ketones is 1. The summed E-state index contributed by atoms with van der Waals surface area (Å²) in [5.74, 6) is -1.10. The zero-order valence-corrected chi connectivity index (χ0v) is 11.5. The first kappa shape index (κ1) is 14.7. The van der Waals surface area contributed by atoms with Gasteiger partial charge in [-0.05, 0) is 18.4 Å². The second kappa shape index (κ2) is 6.55. The van der Waals surface area contributed by atoms with Gasteiger partial charge in [0.1, 0.15) is 6.10 Å². The summed E-state index contributed by atoms with van der Waals surface area (Å²) in [5, 5.41) is 0. The highest BCUT2D eigenvalue weighted by atomic mass is 35.5. The van der Waals surface area contributed by atoms with Crippen LogP contribution in [0.4, 0.5) is 0 Å². The van der Waals surface area contributed by atoms with Gasteiger partial charge in [-0.2, -0.15) is 0 Å². The summed E-state index contributed by atoms with van der Waals surface area (Å²) in [6.07, 6.45) is -0.287. The third-order valence-corrected chi connectivity index (χ3v) is 3.11. The summed E-state index contributed by atoms with van der Waals surface area (Å²) < 4.78 is 5.10. The fourth-order valence-corrected chi connectivity index (χ4v) is 1.56. The third-order valence-electron chi connectivity index (χ3n) is 2.82. The van der Waals surface area contributed by atoms with Crippen LogP contribution in [0.5, 0.6) is 0 Å². The Balaban J connectivity index is 2.84. The lowest BCUT2D eigenvalue weighted by molar-refractivity contribution is -0.144. The number of hydrogen-bond acceptors (Lipinski definition) is 3. The van der Waals surface area contributed by atoms with Crippen LogP contribution in [0.15, 0.2) is 24.3 Å². The minimum Gasteiger partial charge on any atom is -0.456 e. The molecule has 1 aromatic rings. The zero-order chi connectivity index (χ0) is 13.7. The van der Waals surface area contributed by atoms with Gasteiger partial charge in [0.15, 0.2) is 0 Å². The maximum atomic E-state index is 11.9. The zero-order valence-electron chi connectivity index (χ0n) is 10.8. The Labute approximate surface area is 112 Å². The summed E-state index contributed by atoms with van der Waals surface area (Å²) in [5.41, 5.74) is 0.951. The number of esters is 1. The topological polar surface area (TPSA) is 43.4 Å². The standard InChI is InChI=1S/C14H17ClO3/c1-9(2)10(3)18-14(17)13(16)12-7-5-4-6-11(12)8-15/h4-7,9-10H,8H2,1-3H3.